The first-order chi connectivity index (χ1) is 7.66. The summed E-state index contributed by atoms with van der Waals surface area (Å²) in [5.41, 5.74) is 1.94. The van der Waals surface area contributed by atoms with E-state index in [1.54, 1.807) is 6.07 Å². The molecule has 0 heterocycles. The number of allylic oxidation sites excluding steroid dienone is 1. The molecule has 0 amide bonds. The fourth-order valence-electron chi connectivity index (χ4n) is 2.05. The molecule has 1 aliphatic rings. The fourth-order valence-corrected chi connectivity index (χ4v) is 2.25. The van der Waals surface area contributed by atoms with Crippen molar-refractivity contribution in [2.45, 2.75) is 31.8 Å². The molecule has 1 aromatic rings. The van der Waals surface area contributed by atoms with E-state index in [-0.39, 0.29) is 16.9 Å². The van der Waals surface area contributed by atoms with E-state index >= 15 is 0 Å². The van der Waals surface area contributed by atoms with Gasteiger partial charge in [0, 0.05) is 0 Å². The summed E-state index contributed by atoms with van der Waals surface area (Å²) in [7, 11) is 0. The minimum atomic E-state index is -0.379. The summed E-state index contributed by atoms with van der Waals surface area (Å²) in [6, 6.07) is 4.85. The zero-order valence-electron chi connectivity index (χ0n) is 8.92. The molecule has 0 saturated heterocycles. The third kappa shape index (κ3) is 2.63. The predicted molar refractivity (Wildman–Crippen MR) is 63.1 cm³/mol. The van der Waals surface area contributed by atoms with E-state index in [1.165, 1.54) is 6.07 Å². The van der Waals surface area contributed by atoms with Crippen molar-refractivity contribution in [3.8, 4) is 0 Å². The molecule has 0 saturated carbocycles. The third-order valence-corrected chi connectivity index (χ3v) is 3.30. The van der Waals surface area contributed by atoms with Crippen molar-refractivity contribution in [2.75, 3.05) is 0 Å². The van der Waals surface area contributed by atoms with Crippen molar-refractivity contribution in [1.29, 1.82) is 0 Å². The number of benzene rings is 1. The van der Waals surface area contributed by atoms with Crippen LogP contribution in [0.1, 0.15) is 24.8 Å². The summed E-state index contributed by atoms with van der Waals surface area (Å²) in [6.07, 6.45) is 4.92. The lowest BCUT2D eigenvalue weighted by Gasteiger charge is -2.17. The van der Waals surface area contributed by atoms with Gasteiger partial charge in [-0.3, -0.25) is 0 Å². The first-order valence-corrected chi connectivity index (χ1v) is 5.85. The van der Waals surface area contributed by atoms with Gasteiger partial charge in [0.2, 0.25) is 0 Å². The molecule has 86 valence electrons. The topological polar surface area (TPSA) is 20.2 Å². The summed E-state index contributed by atoms with van der Waals surface area (Å²) >= 11 is 5.88. The molecule has 16 heavy (non-hydrogen) atoms. The van der Waals surface area contributed by atoms with Crippen LogP contribution < -0.4 is 0 Å². The first kappa shape index (κ1) is 11.6. The fraction of sp³-hybridized carbons (Fsp3) is 0.385. The van der Waals surface area contributed by atoms with Gasteiger partial charge in [0.25, 0.3) is 0 Å². The Labute approximate surface area is 99.6 Å². The molecule has 3 heteroatoms. The Morgan fingerprint density at radius 1 is 1.44 bits per heavy atom. The van der Waals surface area contributed by atoms with Gasteiger partial charge in [0.05, 0.1) is 11.1 Å². The maximum Gasteiger partial charge on any atom is 0.142 e. The van der Waals surface area contributed by atoms with Gasteiger partial charge in [-0.25, -0.2) is 4.39 Å². The van der Waals surface area contributed by atoms with Crippen LogP contribution in [0.4, 0.5) is 4.39 Å². The average molecular weight is 241 g/mol. The predicted octanol–water partition coefficient (Wildman–Crippen LogP) is 3.49. The molecule has 1 nitrogen and oxygen atoms in total. The van der Waals surface area contributed by atoms with Crippen molar-refractivity contribution < 1.29 is 9.50 Å². The Morgan fingerprint density at radius 3 is 3.00 bits per heavy atom. The van der Waals surface area contributed by atoms with Gasteiger partial charge in [0.1, 0.15) is 5.82 Å². The smallest absolute Gasteiger partial charge is 0.142 e. The van der Waals surface area contributed by atoms with E-state index in [1.807, 2.05) is 12.1 Å². The first-order valence-electron chi connectivity index (χ1n) is 5.47. The van der Waals surface area contributed by atoms with Crippen LogP contribution in [-0.2, 0) is 6.42 Å². The molecule has 0 fully saturated rings. The highest BCUT2D eigenvalue weighted by Crippen LogP contribution is 2.26. The molecular weight excluding hydrogens is 227 g/mol. The average Bonchev–Trinajstić information content (AvgIpc) is 2.25. The number of rotatable bonds is 2. The van der Waals surface area contributed by atoms with Gasteiger partial charge in [-0.1, -0.05) is 35.4 Å². The summed E-state index contributed by atoms with van der Waals surface area (Å²) < 4.78 is 13.2. The number of aliphatic hydroxyl groups excluding tert-OH is 1. The van der Waals surface area contributed by atoms with Gasteiger partial charge in [-0.05, 0) is 37.3 Å². The third-order valence-electron chi connectivity index (χ3n) is 2.87. The minimum Gasteiger partial charge on any atom is -0.389 e. The van der Waals surface area contributed by atoms with Gasteiger partial charge < -0.3 is 5.11 Å². The van der Waals surface area contributed by atoms with E-state index in [0.717, 1.165) is 30.4 Å². The minimum absolute atomic E-state index is 0.198. The van der Waals surface area contributed by atoms with Crippen molar-refractivity contribution in [3.05, 3.63) is 46.3 Å². The van der Waals surface area contributed by atoms with Crippen LogP contribution in [0.3, 0.4) is 0 Å². The molecule has 1 unspecified atom stereocenters. The largest absolute Gasteiger partial charge is 0.389 e. The van der Waals surface area contributed by atoms with Gasteiger partial charge in [0.15, 0.2) is 0 Å². The molecule has 0 bridgehead atoms. The lowest BCUT2D eigenvalue weighted by Crippen LogP contribution is -2.10. The van der Waals surface area contributed by atoms with E-state index in [4.69, 9.17) is 11.6 Å². The Hall–Kier alpha value is -0.860. The van der Waals surface area contributed by atoms with E-state index < -0.39 is 0 Å². The molecule has 2 rings (SSSR count). The van der Waals surface area contributed by atoms with Crippen LogP contribution in [0.2, 0.25) is 5.02 Å². The SMILES string of the molecule is OC1C=C(Cc2cccc(F)c2Cl)CCC1. The lowest BCUT2D eigenvalue weighted by atomic mass is 9.93. The quantitative estimate of drug-likeness (QED) is 0.785. The molecule has 0 spiro atoms. The number of hydrogen-bond acceptors (Lipinski definition) is 1. The van der Waals surface area contributed by atoms with Crippen LogP contribution in [0.5, 0.6) is 0 Å². The highest BCUT2D eigenvalue weighted by atomic mass is 35.5. The maximum absolute atomic E-state index is 13.2. The monoisotopic (exact) mass is 240 g/mol. The van der Waals surface area contributed by atoms with Crippen LogP contribution in [0.25, 0.3) is 0 Å². The number of aliphatic hydroxyl groups is 1. The molecule has 0 aliphatic heterocycles. The standard InChI is InChI=1S/C13H14ClFO/c14-13-10(4-2-6-12(13)15)7-9-3-1-5-11(16)8-9/h2,4,6,8,11,16H,1,3,5,7H2. The molecule has 1 atom stereocenters. The molecule has 1 aliphatic carbocycles. The number of halogens is 2. The maximum atomic E-state index is 13.2. The Bertz CT molecular complexity index is 414. The van der Waals surface area contributed by atoms with Crippen molar-refractivity contribution in [2.24, 2.45) is 0 Å². The summed E-state index contributed by atoms with van der Waals surface area (Å²) in [6.45, 7) is 0. The second-order valence-electron chi connectivity index (χ2n) is 4.17. The molecular formula is C13H14ClFO. The van der Waals surface area contributed by atoms with Crippen LogP contribution in [0, 0.1) is 5.82 Å². The Balaban J connectivity index is 2.17. The van der Waals surface area contributed by atoms with Crippen LogP contribution >= 0.6 is 11.6 Å². The van der Waals surface area contributed by atoms with Gasteiger partial charge in [-0.2, -0.15) is 0 Å². The van der Waals surface area contributed by atoms with Gasteiger partial charge >= 0.3 is 0 Å². The highest BCUT2D eigenvalue weighted by molar-refractivity contribution is 6.31. The molecule has 1 N–H and O–H groups in total. The normalized spacial score (nSPS) is 20.7. The lowest BCUT2D eigenvalue weighted by molar-refractivity contribution is 0.202. The second kappa shape index (κ2) is 4.98. The van der Waals surface area contributed by atoms with Crippen molar-refractivity contribution >= 4 is 11.6 Å². The van der Waals surface area contributed by atoms with E-state index in [9.17, 15) is 9.50 Å². The van der Waals surface area contributed by atoms with Gasteiger partial charge in [-0.15, -0.1) is 0 Å². The summed E-state index contributed by atoms with van der Waals surface area (Å²) in [4.78, 5) is 0. The summed E-state index contributed by atoms with van der Waals surface area (Å²) in [5.74, 6) is -0.379. The Morgan fingerprint density at radius 2 is 2.25 bits per heavy atom. The molecule has 0 aromatic heterocycles. The van der Waals surface area contributed by atoms with Crippen molar-refractivity contribution in [3.63, 3.8) is 0 Å². The highest BCUT2D eigenvalue weighted by Gasteiger charge is 2.13. The van der Waals surface area contributed by atoms with Crippen LogP contribution in [-0.4, -0.2) is 11.2 Å². The number of hydrogen-bond donors (Lipinski definition) is 1. The van der Waals surface area contributed by atoms with E-state index in [2.05, 4.69) is 0 Å². The Kier molecular flexibility index (Phi) is 3.62. The van der Waals surface area contributed by atoms with Crippen LogP contribution in [0.15, 0.2) is 29.8 Å². The van der Waals surface area contributed by atoms with Crippen molar-refractivity contribution in [1.82, 2.24) is 0 Å². The zero-order chi connectivity index (χ0) is 11.5. The molecule has 0 radical (unpaired) electrons. The second-order valence-corrected chi connectivity index (χ2v) is 4.55. The molecule has 1 aromatic carbocycles. The summed E-state index contributed by atoms with van der Waals surface area (Å²) in [5, 5.41) is 9.70. The van der Waals surface area contributed by atoms with E-state index in [0.29, 0.717) is 6.42 Å². The zero-order valence-corrected chi connectivity index (χ0v) is 9.67.